The average molecular weight is 215 g/mol. The van der Waals surface area contributed by atoms with E-state index in [0.29, 0.717) is 0 Å². The number of nitrogens with zero attached hydrogens (tertiary/aromatic N) is 2. The SMILES string of the molecule is C=C(Br)CN1C=CN(C)C=C1. The van der Waals surface area contributed by atoms with E-state index in [1.54, 1.807) is 0 Å². The van der Waals surface area contributed by atoms with Crippen LogP contribution >= 0.6 is 15.9 Å². The Morgan fingerprint density at radius 3 is 2.36 bits per heavy atom. The lowest BCUT2D eigenvalue weighted by molar-refractivity contribution is 0.488. The third-order valence-electron chi connectivity index (χ3n) is 1.34. The molecule has 0 atom stereocenters. The maximum atomic E-state index is 3.76. The van der Waals surface area contributed by atoms with Gasteiger partial charge in [0.15, 0.2) is 0 Å². The van der Waals surface area contributed by atoms with Crippen LogP contribution < -0.4 is 0 Å². The van der Waals surface area contributed by atoms with E-state index in [4.69, 9.17) is 0 Å². The molecule has 0 amide bonds. The molecule has 0 aliphatic carbocycles. The van der Waals surface area contributed by atoms with Crippen LogP contribution in [0.25, 0.3) is 0 Å². The van der Waals surface area contributed by atoms with Crippen LogP contribution in [-0.2, 0) is 0 Å². The molecule has 1 heterocycles. The topological polar surface area (TPSA) is 6.48 Å². The fourth-order valence-corrected chi connectivity index (χ4v) is 1.07. The van der Waals surface area contributed by atoms with Gasteiger partial charge in [-0.05, 0) is 0 Å². The molecule has 1 rings (SSSR count). The number of rotatable bonds is 2. The van der Waals surface area contributed by atoms with Crippen LogP contribution in [0.4, 0.5) is 0 Å². The van der Waals surface area contributed by atoms with Gasteiger partial charge >= 0.3 is 0 Å². The highest BCUT2D eigenvalue weighted by atomic mass is 79.9. The van der Waals surface area contributed by atoms with Crippen LogP contribution in [0.3, 0.4) is 0 Å². The van der Waals surface area contributed by atoms with Gasteiger partial charge in [0.25, 0.3) is 0 Å². The van der Waals surface area contributed by atoms with E-state index in [1.807, 2.05) is 36.7 Å². The van der Waals surface area contributed by atoms with Crippen molar-refractivity contribution in [2.24, 2.45) is 0 Å². The molecular weight excluding hydrogens is 204 g/mol. The van der Waals surface area contributed by atoms with Gasteiger partial charge in [0.2, 0.25) is 0 Å². The van der Waals surface area contributed by atoms with Gasteiger partial charge in [-0.3, -0.25) is 0 Å². The molecule has 1 aliphatic heterocycles. The van der Waals surface area contributed by atoms with Crippen LogP contribution in [0.5, 0.6) is 0 Å². The number of halogens is 1. The minimum absolute atomic E-state index is 0.820. The van der Waals surface area contributed by atoms with E-state index >= 15 is 0 Å². The van der Waals surface area contributed by atoms with Crippen molar-refractivity contribution < 1.29 is 0 Å². The van der Waals surface area contributed by atoms with Gasteiger partial charge < -0.3 is 9.80 Å². The summed E-state index contributed by atoms with van der Waals surface area (Å²) in [6, 6.07) is 0. The van der Waals surface area contributed by atoms with E-state index in [1.165, 1.54) is 0 Å². The van der Waals surface area contributed by atoms with Crippen LogP contribution in [0.15, 0.2) is 35.9 Å². The van der Waals surface area contributed by atoms with Crippen molar-refractivity contribution in [1.29, 1.82) is 0 Å². The summed E-state index contributed by atoms with van der Waals surface area (Å²) in [5, 5.41) is 0. The van der Waals surface area contributed by atoms with Crippen molar-refractivity contribution in [3.63, 3.8) is 0 Å². The second-order valence-corrected chi connectivity index (χ2v) is 3.57. The van der Waals surface area contributed by atoms with Crippen LogP contribution in [0, 0.1) is 0 Å². The zero-order valence-corrected chi connectivity index (χ0v) is 8.08. The Kier molecular flexibility index (Phi) is 2.76. The van der Waals surface area contributed by atoms with Crippen molar-refractivity contribution in [1.82, 2.24) is 9.80 Å². The molecule has 11 heavy (non-hydrogen) atoms. The normalized spacial score (nSPS) is 15.8. The van der Waals surface area contributed by atoms with Crippen molar-refractivity contribution in [2.75, 3.05) is 13.6 Å². The lowest BCUT2D eigenvalue weighted by Gasteiger charge is -2.21. The molecule has 0 bridgehead atoms. The first kappa shape index (κ1) is 8.40. The fraction of sp³-hybridized carbons (Fsp3) is 0.250. The first-order valence-corrected chi connectivity index (χ1v) is 4.15. The van der Waals surface area contributed by atoms with Crippen LogP contribution in [0.2, 0.25) is 0 Å². The van der Waals surface area contributed by atoms with E-state index < -0.39 is 0 Å². The third-order valence-corrected chi connectivity index (χ3v) is 1.59. The fourth-order valence-electron chi connectivity index (χ4n) is 0.784. The number of hydrogen-bond donors (Lipinski definition) is 0. The highest BCUT2D eigenvalue weighted by molar-refractivity contribution is 9.11. The summed E-state index contributed by atoms with van der Waals surface area (Å²) in [4.78, 5) is 4.05. The molecule has 0 N–H and O–H groups in total. The Hall–Kier alpha value is -0.700. The predicted octanol–water partition coefficient (Wildman–Crippen LogP) is 2.08. The summed E-state index contributed by atoms with van der Waals surface area (Å²) in [7, 11) is 1.99. The van der Waals surface area contributed by atoms with E-state index in [0.717, 1.165) is 11.0 Å². The molecule has 3 heteroatoms. The van der Waals surface area contributed by atoms with Crippen molar-refractivity contribution in [3.8, 4) is 0 Å². The molecule has 2 nitrogen and oxygen atoms in total. The van der Waals surface area contributed by atoms with Crippen LogP contribution in [-0.4, -0.2) is 23.4 Å². The summed E-state index contributed by atoms with van der Waals surface area (Å²) in [5.74, 6) is 0. The quantitative estimate of drug-likeness (QED) is 0.695. The lowest BCUT2D eigenvalue weighted by Crippen LogP contribution is -2.17. The van der Waals surface area contributed by atoms with Gasteiger partial charge in [-0.25, -0.2) is 0 Å². The van der Waals surface area contributed by atoms with E-state index in [2.05, 4.69) is 27.4 Å². The summed E-state index contributed by atoms with van der Waals surface area (Å²) < 4.78 is 0.983. The minimum atomic E-state index is 0.820. The molecule has 1 aliphatic rings. The highest BCUT2D eigenvalue weighted by Gasteiger charge is 1.99. The molecule has 0 spiro atoms. The van der Waals surface area contributed by atoms with E-state index in [9.17, 15) is 0 Å². The second-order valence-electron chi connectivity index (χ2n) is 2.45. The molecule has 0 unspecified atom stereocenters. The Morgan fingerprint density at radius 2 is 1.91 bits per heavy atom. The standard InChI is InChI=1S/C8H11BrN2/c1-8(9)7-11-5-3-10(2)4-6-11/h3-6H,1,7H2,2H3. The molecule has 0 fully saturated rings. The van der Waals surface area contributed by atoms with Gasteiger partial charge in [-0.2, -0.15) is 0 Å². The first-order valence-electron chi connectivity index (χ1n) is 3.36. The Balaban J connectivity index is 2.45. The second kappa shape index (κ2) is 3.62. The first-order chi connectivity index (χ1) is 5.18. The molecular formula is C8H11BrN2. The van der Waals surface area contributed by atoms with Gasteiger partial charge in [-0.1, -0.05) is 22.5 Å². The predicted molar refractivity (Wildman–Crippen MR) is 50.8 cm³/mol. The Bertz CT molecular complexity index is 194. The van der Waals surface area contributed by atoms with Gasteiger partial charge in [-0.15, -0.1) is 0 Å². The van der Waals surface area contributed by atoms with Gasteiger partial charge in [0.1, 0.15) is 0 Å². The average Bonchev–Trinajstić information content (AvgIpc) is 1.93. The lowest BCUT2D eigenvalue weighted by atomic mass is 10.5. The number of hydrogen-bond acceptors (Lipinski definition) is 2. The maximum Gasteiger partial charge on any atom is 0.0531 e. The van der Waals surface area contributed by atoms with Gasteiger partial charge in [0, 0.05) is 36.3 Å². The molecule has 60 valence electrons. The smallest absolute Gasteiger partial charge is 0.0531 e. The Morgan fingerprint density at radius 1 is 1.36 bits per heavy atom. The zero-order valence-electron chi connectivity index (χ0n) is 6.50. The van der Waals surface area contributed by atoms with Gasteiger partial charge in [0.05, 0.1) is 6.54 Å². The minimum Gasteiger partial charge on any atom is -0.354 e. The molecule has 0 saturated heterocycles. The maximum absolute atomic E-state index is 3.76. The highest BCUT2D eigenvalue weighted by Crippen LogP contribution is 2.08. The molecule has 0 radical (unpaired) electrons. The van der Waals surface area contributed by atoms with Crippen molar-refractivity contribution in [3.05, 3.63) is 35.9 Å². The molecule has 0 aromatic heterocycles. The summed E-state index contributed by atoms with van der Waals surface area (Å²) >= 11 is 3.31. The Labute approximate surface area is 75.6 Å². The zero-order chi connectivity index (χ0) is 8.27. The summed E-state index contributed by atoms with van der Waals surface area (Å²) in [5.41, 5.74) is 0. The van der Waals surface area contributed by atoms with E-state index in [-0.39, 0.29) is 0 Å². The summed E-state index contributed by atoms with van der Waals surface area (Å²) in [6.45, 7) is 4.58. The largest absolute Gasteiger partial charge is 0.354 e. The summed E-state index contributed by atoms with van der Waals surface area (Å²) in [6.07, 6.45) is 8.00. The van der Waals surface area contributed by atoms with Crippen molar-refractivity contribution in [2.45, 2.75) is 0 Å². The monoisotopic (exact) mass is 214 g/mol. The molecule has 0 aromatic rings. The third kappa shape index (κ3) is 2.80. The molecule has 0 saturated carbocycles. The van der Waals surface area contributed by atoms with Crippen molar-refractivity contribution >= 4 is 15.9 Å². The molecule has 0 aromatic carbocycles. The van der Waals surface area contributed by atoms with Crippen LogP contribution in [0.1, 0.15) is 0 Å².